The van der Waals surface area contributed by atoms with Crippen LogP contribution in [0.3, 0.4) is 0 Å². The highest BCUT2D eigenvalue weighted by molar-refractivity contribution is 6.03. The largest absolute Gasteiger partial charge is 0.378 e. The molecule has 0 unspecified atom stereocenters. The van der Waals surface area contributed by atoms with Gasteiger partial charge in [0.25, 0.3) is 0 Å². The molecule has 2 aromatic carbocycles. The summed E-state index contributed by atoms with van der Waals surface area (Å²) in [5.74, 6) is 1.18. The first-order valence-corrected chi connectivity index (χ1v) is 14.2. The molecule has 4 aromatic rings. The Bertz CT molecular complexity index is 1540. The Hall–Kier alpha value is -3.95. The quantitative estimate of drug-likeness (QED) is 0.374. The van der Waals surface area contributed by atoms with E-state index in [2.05, 4.69) is 62.0 Å². The first kappa shape index (κ1) is 25.0. The second-order valence-corrected chi connectivity index (χ2v) is 11.6. The molecule has 3 fully saturated rings. The van der Waals surface area contributed by atoms with E-state index in [0.717, 1.165) is 90.6 Å². The molecule has 7 rings (SSSR count). The van der Waals surface area contributed by atoms with E-state index >= 15 is 0 Å². The van der Waals surface area contributed by atoms with Crippen LogP contribution in [0.1, 0.15) is 26.2 Å². The van der Waals surface area contributed by atoms with E-state index in [0.29, 0.717) is 13.2 Å². The highest BCUT2D eigenvalue weighted by Gasteiger charge is 2.35. The van der Waals surface area contributed by atoms with Gasteiger partial charge in [0.2, 0.25) is 5.91 Å². The summed E-state index contributed by atoms with van der Waals surface area (Å²) < 4.78 is 5.52. The molecular formula is C31H35N7O2. The van der Waals surface area contributed by atoms with Crippen molar-refractivity contribution < 1.29 is 9.53 Å². The van der Waals surface area contributed by atoms with Crippen LogP contribution in [0.25, 0.3) is 22.3 Å². The second-order valence-electron chi connectivity index (χ2n) is 11.6. The van der Waals surface area contributed by atoms with Gasteiger partial charge in [-0.15, -0.1) is 0 Å². The molecule has 4 heterocycles. The maximum Gasteiger partial charge on any atom is 0.234 e. The van der Waals surface area contributed by atoms with Gasteiger partial charge in [-0.25, -0.2) is 9.97 Å². The highest BCUT2D eigenvalue weighted by atomic mass is 16.5. The number of rotatable bonds is 6. The minimum Gasteiger partial charge on any atom is -0.378 e. The molecular weight excluding hydrogens is 502 g/mol. The molecule has 9 heteroatoms. The van der Waals surface area contributed by atoms with E-state index in [1.54, 1.807) is 6.33 Å². The van der Waals surface area contributed by atoms with Gasteiger partial charge in [-0.1, -0.05) is 18.2 Å². The number of hydrogen-bond acceptors (Lipinski definition) is 7. The van der Waals surface area contributed by atoms with Crippen LogP contribution in [0, 0.1) is 5.92 Å². The van der Waals surface area contributed by atoms with E-state index in [4.69, 9.17) is 10.5 Å². The van der Waals surface area contributed by atoms with Gasteiger partial charge in [-0.2, -0.15) is 0 Å². The van der Waals surface area contributed by atoms with Crippen molar-refractivity contribution in [3.05, 3.63) is 60.9 Å². The highest BCUT2D eigenvalue weighted by Crippen LogP contribution is 2.39. The Balaban J connectivity index is 1.19. The first-order valence-electron chi connectivity index (χ1n) is 14.2. The van der Waals surface area contributed by atoms with Crippen LogP contribution in [-0.4, -0.2) is 65.8 Å². The molecule has 0 spiro atoms. The predicted molar refractivity (Wildman–Crippen MR) is 158 cm³/mol. The number of anilines is 4. The van der Waals surface area contributed by atoms with Gasteiger partial charge < -0.3 is 25.3 Å². The number of benzene rings is 2. The van der Waals surface area contributed by atoms with Crippen LogP contribution in [0.15, 0.2) is 60.9 Å². The van der Waals surface area contributed by atoms with Crippen molar-refractivity contribution in [1.82, 2.24) is 15.0 Å². The van der Waals surface area contributed by atoms with Crippen LogP contribution in [0.5, 0.6) is 0 Å². The van der Waals surface area contributed by atoms with Crippen LogP contribution in [-0.2, 0) is 9.53 Å². The third-order valence-electron chi connectivity index (χ3n) is 8.26. The number of nitrogens with zero attached hydrogens (tertiary/aromatic N) is 5. The van der Waals surface area contributed by atoms with Gasteiger partial charge in [0.15, 0.2) is 0 Å². The first-order chi connectivity index (χ1) is 19.4. The lowest BCUT2D eigenvalue weighted by Gasteiger charge is -2.27. The molecule has 1 aliphatic carbocycles. The van der Waals surface area contributed by atoms with Crippen LogP contribution in [0.2, 0.25) is 0 Å². The number of hydrogen-bond donors (Lipinski definition) is 2. The van der Waals surface area contributed by atoms with Crippen molar-refractivity contribution >= 4 is 39.8 Å². The van der Waals surface area contributed by atoms with Gasteiger partial charge in [0, 0.05) is 54.7 Å². The summed E-state index contributed by atoms with van der Waals surface area (Å²) in [7, 11) is 0. The molecule has 0 bridgehead atoms. The van der Waals surface area contributed by atoms with E-state index in [-0.39, 0.29) is 17.4 Å². The normalized spacial score (nSPS) is 21.2. The molecule has 9 nitrogen and oxygen atoms in total. The Morgan fingerprint density at radius 1 is 1.02 bits per heavy atom. The Labute approximate surface area is 233 Å². The summed E-state index contributed by atoms with van der Waals surface area (Å²) in [5.41, 5.74) is 11.9. The van der Waals surface area contributed by atoms with Gasteiger partial charge in [0.1, 0.15) is 17.8 Å². The molecule has 1 atom stereocenters. The van der Waals surface area contributed by atoms with E-state index in [1.807, 2.05) is 29.2 Å². The fourth-order valence-electron chi connectivity index (χ4n) is 5.85. The lowest BCUT2D eigenvalue weighted by molar-refractivity contribution is -0.119. The number of carbonyl (C=O) groups is 1. The predicted octanol–water partition coefficient (Wildman–Crippen LogP) is 4.46. The van der Waals surface area contributed by atoms with E-state index < -0.39 is 0 Å². The average Bonchev–Trinajstić information content (AvgIpc) is 3.64. The van der Waals surface area contributed by atoms with Gasteiger partial charge >= 0.3 is 0 Å². The zero-order valence-corrected chi connectivity index (χ0v) is 22.8. The van der Waals surface area contributed by atoms with Gasteiger partial charge in [-0.05, 0) is 68.1 Å². The Morgan fingerprint density at radius 2 is 1.82 bits per heavy atom. The number of nitrogens with two attached hydrogens (primary N) is 1. The third kappa shape index (κ3) is 4.80. The summed E-state index contributed by atoms with van der Waals surface area (Å²) in [4.78, 5) is 32.5. The van der Waals surface area contributed by atoms with E-state index in [9.17, 15) is 4.79 Å². The van der Waals surface area contributed by atoms with E-state index in [1.165, 1.54) is 0 Å². The number of fused-ring (bicyclic) bond motifs is 1. The van der Waals surface area contributed by atoms with Gasteiger partial charge in [-0.3, -0.25) is 9.69 Å². The number of ether oxygens (including phenoxy) is 1. The molecule has 1 saturated carbocycles. The minimum absolute atomic E-state index is 0.0911. The number of morpholine rings is 1. The second kappa shape index (κ2) is 9.91. The summed E-state index contributed by atoms with van der Waals surface area (Å²) in [6.45, 7) is 6.87. The van der Waals surface area contributed by atoms with Crippen molar-refractivity contribution in [1.29, 1.82) is 0 Å². The van der Waals surface area contributed by atoms with Crippen molar-refractivity contribution in [2.24, 2.45) is 11.7 Å². The average molecular weight is 538 g/mol. The third-order valence-corrected chi connectivity index (χ3v) is 8.26. The molecule has 3 N–H and O–H groups in total. The standard InChI is InChI=1S/C31H35N7O2/c1-31(32)11-12-37(19-31)24-3-2-4-25(17-24)38(30(39)22-5-6-22)23-9-7-21(8-10-23)27-18-26-28(35-27)33-20-34-29(26)36-13-15-40-16-14-36/h2-4,7-10,17-18,20,22H,5-6,11-16,19,32H2,1H3,(H,33,34,35)/t31-/m1/s1. The summed E-state index contributed by atoms with van der Waals surface area (Å²) in [6, 6.07) is 18.6. The van der Waals surface area contributed by atoms with Crippen LogP contribution in [0.4, 0.5) is 22.9 Å². The molecule has 2 aromatic heterocycles. The minimum atomic E-state index is -0.188. The molecule has 2 aliphatic heterocycles. The SMILES string of the molecule is C[C@@]1(N)CCN(c2cccc(N(C(=O)C3CC3)c3ccc(-c4cc5c(N6CCOCC6)ncnc5[nH]4)cc3)c2)C1. The summed E-state index contributed by atoms with van der Waals surface area (Å²) >= 11 is 0. The number of aromatic nitrogens is 3. The van der Waals surface area contributed by atoms with Crippen LogP contribution < -0.4 is 20.4 Å². The van der Waals surface area contributed by atoms with Crippen molar-refractivity contribution in [3.8, 4) is 11.3 Å². The number of H-pyrrole nitrogens is 1. The van der Waals surface area contributed by atoms with Crippen molar-refractivity contribution in [2.75, 3.05) is 54.1 Å². The number of amides is 1. The van der Waals surface area contributed by atoms with Crippen LogP contribution >= 0.6 is 0 Å². The van der Waals surface area contributed by atoms with Crippen molar-refractivity contribution in [3.63, 3.8) is 0 Å². The Morgan fingerprint density at radius 3 is 2.55 bits per heavy atom. The number of aromatic amines is 1. The number of nitrogens with one attached hydrogen (secondary N) is 1. The topological polar surface area (TPSA) is 104 Å². The smallest absolute Gasteiger partial charge is 0.234 e. The molecule has 3 aliphatic rings. The van der Waals surface area contributed by atoms with Crippen molar-refractivity contribution in [2.45, 2.75) is 31.7 Å². The maximum absolute atomic E-state index is 13.6. The lowest BCUT2D eigenvalue weighted by Crippen LogP contribution is -2.39. The summed E-state index contributed by atoms with van der Waals surface area (Å²) in [6.07, 6.45) is 4.47. The maximum atomic E-state index is 13.6. The summed E-state index contributed by atoms with van der Waals surface area (Å²) in [5, 5.41) is 1.00. The molecule has 2 saturated heterocycles. The molecule has 206 valence electrons. The zero-order valence-electron chi connectivity index (χ0n) is 22.8. The zero-order chi connectivity index (χ0) is 27.3. The fourth-order valence-corrected chi connectivity index (χ4v) is 5.85. The number of carbonyl (C=O) groups excluding carboxylic acids is 1. The molecule has 40 heavy (non-hydrogen) atoms. The van der Waals surface area contributed by atoms with Gasteiger partial charge in [0.05, 0.1) is 24.3 Å². The fraction of sp³-hybridized carbons (Fsp3) is 0.387. The molecule has 1 amide bonds. The lowest BCUT2D eigenvalue weighted by atomic mass is 10.0. The molecule has 0 radical (unpaired) electrons. The monoisotopic (exact) mass is 537 g/mol. The Kier molecular flexibility index (Phi) is 6.20.